The Hall–Kier alpha value is -0.0800. The molecule has 2 nitrogen and oxygen atoms in total. The van der Waals surface area contributed by atoms with Crippen LogP contribution in [-0.4, -0.2) is 30.6 Å². The topological polar surface area (TPSA) is 29.3 Å². The van der Waals surface area contributed by atoms with Crippen LogP contribution < -0.4 is 5.73 Å². The Kier molecular flexibility index (Phi) is 2.66. The van der Waals surface area contributed by atoms with E-state index in [9.17, 15) is 0 Å². The van der Waals surface area contributed by atoms with Crippen LogP contribution in [0.2, 0.25) is 0 Å². The molecule has 2 unspecified atom stereocenters. The maximum atomic E-state index is 5.58. The molecule has 0 saturated carbocycles. The van der Waals surface area contributed by atoms with Gasteiger partial charge in [-0.1, -0.05) is 0 Å². The number of rotatable bonds is 2. The predicted molar refractivity (Wildman–Crippen MR) is 51.0 cm³/mol. The fraction of sp³-hybridized carbons (Fsp3) is 1.00. The third kappa shape index (κ3) is 1.64. The number of fused-ring (bicyclic) bond motifs is 1. The van der Waals surface area contributed by atoms with Gasteiger partial charge >= 0.3 is 0 Å². The van der Waals surface area contributed by atoms with Crippen LogP contribution in [-0.2, 0) is 0 Å². The predicted octanol–water partition coefficient (Wildman–Crippen LogP) is 1.21. The number of nitrogens with zero attached hydrogens (tertiary/aromatic N) is 1. The standard InChI is InChI=1S/C10H20N2/c11-5-3-9-4-7-12-6-1-2-10(12)8-9/h9-10H,1-8,11H2. The molecule has 0 radical (unpaired) electrons. The van der Waals surface area contributed by atoms with Crippen LogP contribution in [0.3, 0.4) is 0 Å². The van der Waals surface area contributed by atoms with E-state index in [1.807, 2.05) is 0 Å². The summed E-state index contributed by atoms with van der Waals surface area (Å²) in [7, 11) is 0. The average Bonchev–Trinajstić information content (AvgIpc) is 2.51. The van der Waals surface area contributed by atoms with Gasteiger partial charge in [-0.05, 0) is 57.7 Å². The zero-order valence-corrected chi connectivity index (χ0v) is 7.84. The Morgan fingerprint density at radius 1 is 1.25 bits per heavy atom. The molecular formula is C10H20N2. The molecule has 2 rings (SSSR count). The first kappa shape index (κ1) is 8.52. The van der Waals surface area contributed by atoms with Gasteiger partial charge in [-0.3, -0.25) is 0 Å². The highest BCUT2D eigenvalue weighted by Gasteiger charge is 2.30. The summed E-state index contributed by atoms with van der Waals surface area (Å²) in [6.45, 7) is 3.59. The minimum atomic E-state index is 0.886. The monoisotopic (exact) mass is 168 g/mol. The normalized spacial score (nSPS) is 36.8. The van der Waals surface area contributed by atoms with Crippen molar-refractivity contribution in [2.24, 2.45) is 11.7 Å². The summed E-state index contributed by atoms with van der Waals surface area (Å²) in [5.41, 5.74) is 5.58. The summed E-state index contributed by atoms with van der Waals surface area (Å²) in [5, 5.41) is 0. The van der Waals surface area contributed by atoms with Crippen LogP contribution in [0.5, 0.6) is 0 Å². The van der Waals surface area contributed by atoms with Gasteiger partial charge in [-0.15, -0.1) is 0 Å². The van der Waals surface area contributed by atoms with Gasteiger partial charge in [0.2, 0.25) is 0 Å². The molecule has 2 aliphatic rings. The number of piperidine rings is 1. The molecule has 2 atom stereocenters. The van der Waals surface area contributed by atoms with E-state index in [2.05, 4.69) is 4.90 Å². The molecule has 2 N–H and O–H groups in total. The van der Waals surface area contributed by atoms with Gasteiger partial charge in [0.15, 0.2) is 0 Å². The van der Waals surface area contributed by atoms with Gasteiger partial charge in [0, 0.05) is 6.04 Å². The molecule has 0 aromatic carbocycles. The van der Waals surface area contributed by atoms with Crippen molar-refractivity contribution in [3.63, 3.8) is 0 Å². The molecular weight excluding hydrogens is 148 g/mol. The highest BCUT2D eigenvalue weighted by atomic mass is 15.2. The number of hydrogen-bond donors (Lipinski definition) is 1. The second kappa shape index (κ2) is 3.75. The first-order chi connectivity index (χ1) is 5.90. The fourth-order valence-corrected chi connectivity index (χ4v) is 2.81. The van der Waals surface area contributed by atoms with E-state index in [1.165, 1.54) is 45.2 Å². The SMILES string of the molecule is NCCC1CCN2CCCC2C1. The van der Waals surface area contributed by atoms with Crippen molar-refractivity contribution in [2.75, 3.05) is 19.6 Å². The quantitative estimate of drug-likeness (QED) is 0.671. The number of nitrogens with two attached hydrogens (primary N) is 1. The molecule has 2 aliphatic heterocycles. The van der Waals surface area contributed by atoms with Crippen molar-refractivity contribution in [3.05, 3.63) is 0 Å². The van der Waals surface area contributed by atoms with Crippen LogP contribution in [0, 0.1) is 5.92 Å². The van der Waals surface area contributed by atoms with E-state index < -0.39 is 0 Å². The molecule has 2 heteroatoms. The van der Waals surface area contributed by atoms with Crippen molar-refractivity contribution >= 4 is 0 Å². The maximum Gasteiger partial charge on any atom is 0.00983 e. The maximum absolute atomic E-state index is 5.58. The Bertz CT molecular complexity index is 147. The van der Waals surface area contributed by atoms with E-state index in [4.69, 9.17) is 5.73 Å². The van der Waals surface area contributed by atoms with Crippen molar-refractivity contribution in [2.45, 2.75) is 38.1 Å². The second-order valence-corrected chi connectivity index (χ2v) is 4.30. The highest BCUT2D eigenvalue weighted by molar-refractivity contribution is 4.86. The smallest absolute Gasteiger partial charge is 0.00983 e. The molecule has 0 aliphatic carbocycles. The van der Waals surface area contributed by atoms with Crippen LogP contribution in [0.1, 0.15) is 32.1 Å². The van der Waals surface area contributed by atoms with E-state index in [0.717, 1.165) is 18.5 Å². The lowest BCUT2D eigenvalue weighted by Gasteiger charge is -2.34. The van der Waals surface area contributed by atoms with Crippen molar-refractivity contribution in [1.82, 2.24) is 4.90 Å². The van der Waals surface area contributed by atoms with Gasteiger partial charge in [0.05, 0.1) is 0 Å². The average molecular weight is 168 g/mol. The Balaban J connectivity index is 1.84. The Morgan fingerprint density at radius 2 is 2.17 bits per heavy atom. The third-order valence-electron chi connectivity index (χ3n) is 3.50. The van der Waals surface area contributed by atoms with E-state index >= 15 is 0 Å². The molecule has 0 bridgehead atoms. The summed E-state index contributed by atoms with van der Waals surface area (Å²) in [6, 6.07) is 0.926. The third-order valence-corrected chi connectivity index (χ3v) is 3.50. The van der Waals surface area contributed by atoms with E-state index in [1.54, 1.807) is 0 Å². The molecule has 70 valence electrons. The lowest BCUT2D eigenvalue weighted by atomic mass is 9.89. The minimum Gasteiger partial charge on any atom is -0.330 e. The largest absolute Gasteiger partial charge is 0.330 e. The van der Waals surface area contributed by atoms with Crippen molar-refractivity contribution in [1.29, 1.82) is 0 Å². The lowest BCUT2D eigenvalue weighted by Crippen LogP contribution is -2.38. The second-order valence-electron chi connectivity index (χ2n) is 4.30. The Labute approximate surface area is 75.1 Å². The molecule has 2 fully saturated rings. The van der Waals surface area contributed by atoms with Crippen molar-refractivity contribution in [3.8, 4) is 0 Å². The van der Waals surface area contributed by atoms with Crippen molar-refractivity contribution < 1.29 is 0 Å². The number of hydrogen-bond acceptors (Lipinski definition) is 2. The molecule has 2 saturated heterocycles. The van der Waals surface area contributed by atoms with Gasteiger partial charge in [-0.2, -0.15) is 0 Å². The minimum absolute atomic E-state index is 0.886. The summed E-state index contributed by atoms with van der Waals surface area (Å²) in [6.07, 6.45) is 6.95. The summed E-state index contributed by atoms with van der Waals surface area (Å²) in [4.78, 5) is 2.67. The first-order valence-electron chi connectivity index (χ1n) is 5.34. The molecule has 0 spiro atoms. The zero-order valence-electron chi connectivity index (χ0n) is 7.84. The summed E-state index contributed by atoms with van der Waals surface area (Å²) >= 11 is 0. The highest BCUT2D eigenvalue weighted by Crippen LogP contribution is 2.31. The first-order valence-corrected chi connectivity index (χ1v) is 5.34. The fourth-order valence-electron chi connectivity index (χ4n) is 2.81. The van der Waals surface area contributed by atoms with Crippen LogP contribution in [0.4, 0.5) is 0 Å². The van der Waals surface area contributed by atoms with Gasteiger partial charge < -0.3 is 10.6 Å². The van der Waals surface area contributed by atoms with Gasteiger partial charge in [0.1, 0.15) is 0 Å². The van der Waals surface area contributed by atoms with Gasteiger partial charge in [-0.25, -0.2) is 0 Å². The van der Waals surface area contributed by atoms with E-state index in [-0.39, 0.29) is 0 Å². The summed E-state index contributed by atoms with van der Waals surface area (Å²) in [5.74, 6) is 0.939. The van der Waals surface area contributed by atoms with Crippen LogP contribution in [0.15, 0.2) is 0 Å². The zero-order chi connectivity index (χ0) is 8.39. The van der Waals surface area contributed by atoms with Gasteiger partial charge in [0.25, 0.3) is 0 Å². The lowest BCUT2D eigenvalue weighted by molar-refractivity contribution is 0.149. The molecule has 0 aromatic rings. The van der Waals surface area contributed by atoms with E-state index in [0.29, 0.717) is 0 Å². The van der Waals surface area contributed by atoms with Crippen LogP contribution in [0.25, 0.3) is 0 Å². The molecule has 0 amide bonds. The Morgan fingerprint density at radius 3 is 3.00 bits per heavy atom. The molecule has 2 heterocycles. The van der Waals surface area contributed by atoms with Crippen LogP contribution >= 0.6 is 0 Å². The molecule has 12 heavy (non-hydrogen) atoms. The summed E-state index contributed by atoms with van der Waals surface area (Å²) < 4.78 is 0. The molecule has 0 aromatic heterocycles.